The Balaban J connectivity index is 2.28. The zero-order valence-corrected chi connectivity index (χ0v) is 19.4. The van der Waals surface area contributed by atoms with Crippen molar-refractivity contribution in [3.05, 3.63) is 76.9 Å². The summed E-state index contributed by atoms with van der Waals surface area (Å²) in [6.07, 6.45) is 0. The number of carboxylic acids is 1. The van der Waals surface area contributed by atoms with Gasteiger partial charge in [-0.1, -0.05) is 36.3 Å². The van der Waals surface area contributed by atoms with Crippen molar-refractivity contribution in [2.24, 2.45) is 0 Å². The maximum atomic E-state index is 11.9. The molecule has 0 spiro atoms. The second kappa shape index (κ2) is 7.34. The van der Waals surface area contributed by atoms with E-state index in [1.807, 2.05) is 0 Å². The first-order chi connectivity index (χ1) is 13.7. The number of rotatable bonds is 2. The molecule has 1 heterocycles. The lowest BCUT2D eigenvalue weighted by Crippen LogP contribution is -2.33. The van der Waals surface area contributed by atoms with Crippen molar-refractivity contribution in [1.82, 2.24) is 0 Å². The largest absolute Gasteiger partial charge is 0.505 e. The second-order valence-corrected chi connectivity index (χ2v) is 8.80. The number of hydrogen-bond acceptors (Lipinski definition) is 3. The molecule has 0 unspecified atom stereocenters. The van der Waals surface area contributed by atoms with E-state index < -0.39 is 5.97 Å². The molecule has 2 radical (unpaired) electrons. The van der Waals surface area contributed by atoms with Gasteiger partial charge in [0.15, 0.2) is 5.75 Å². The fourth-order valence-corrected chi connectivity index (χ4v) is 5.00. The molecule has 1 aliphatic heterocycles. The minimum absolute atomic E-state index is 0.0283. The molecule has 142 valence electrons. The Labute approximate surface area is 192 Å². The summed E-state index contributed by atoms with van der Waals surface area (Å²) >= 11 is 10.2. The molecule has 0 bridgehead atoms. The smallest absolute Gasteiger partial charge is 0.336 e. The molecule has 0 aromatic heterocycles. The number of aromatic hydroxyl groups is 1. The predicted molar refractivity (Wildman–Crippen MR) is 123 cm³/mol. The van der Waals surface area contributed by atoms with Crippen LogP contribution in [0.25, 0.3) is 12.2 Å². The summed E-state index contributed by atoms with van der Waals surface area (Å²) < 4.78 is 7.45. The fraction of sp³-hybridized carbons (Fsp3) is 0. The van der Waals surface area contributed by atoms with E-state index in [0.717, 1.165) is 0 Å². The molecule has 2 N–H and O–H groups in total. The van der Waals surface area contributed by atoms with E-state index in [9.17, 15) is 15.0 Å². The topological polar surface area (TPSA) is 66.8 Å². The Bertz CT molecular complexity index is 1330. The van der Waals surface area contributed by atoms with Crippen LogP contribution in [0.2, 0.25) is 0 Å². The standard InChI is InChI=1S/C21H10BBr3O4/c1-8-13(22)6-11-15(9-4-2-3-5-10(9)21(27)28)12-7-14(23)18(26)17(25)20(12)29-19(11)16(8)24/h2-7,26H,1H2,(H,27,28). The van der Waals surface area contributed by atoms with Gasteiger partial charge in [0, 0.05) is 16.4 Å². The molecule has 1 aliphatic rings. The minimum Gasteiger partial charge on any atom is -0.505 e. The monoisotopic (exact) mass is 574 g/mol. The summed E-state index contributed by atoms with van der Waals surface area (Å²) in [6, 6.07) is 10.1. The van der Waals surface area contributed by atoms with Crippen LogP contribution in [0, 0.1) is 0 Å². The molecule has 8 heteroatoms. The Kier molecular flexibility index (Phi) is 5.13. The number of carbonyl (C=O) groups is 1. The van der Waals surface area contributed by atoms with E-state index in [1.165, 1.54) is 6.07 Å². The maximum Gasteiger partial charge on any atom is 0.336 e. The normalized spacial score (nSPS) is 12.2. The lowest BCUT2D eigenvalue weighted by molar-refractivity contribution is 0.0696. The van der Waals surface area contributed by atoms with E-state index in [0.29, 0.717) is 57.5 Å². The van der Waals surface area contributed by atoms with E-state index in [1.54, 1.807) is 30.3 Å². The first kappa shape index (κ1) is 20.3. The van der Waals surface area contributed by atoms with E-state index in [-0.39, 0.29) is 11.3 Å². The highest BCUT2D eigenvalue weighted by atomic mass is 79.9. The summed E-state index contributed by atoms with van der Waals surface area (Å²) in [5.41, 5.74) is 2.29. The van der Waals surface area contributed by atoms with Crippen LogP contribution < -0.4 is 20.6 Å². The van der Waals surface area contributed by atoms with Crippen LogP contribution in [-0.2, 0) is 0 Å². The van der Waals surface area contributed by atoms with Gasteiger partial charge in [0.2, 0.25) is 0 Å². The highest BCUT2D eigenvalue weighted by Gasteiger charge is 2.29. The van der Waals surface area contributed by atoms with Crippen molar-refractivity contribution in [2.75, 3.05) is 0 Å². The highest BCUT2D eigenvalue weighted by molar-refractivity contribution is 9.11. The highest BCUT2D eigenvalue weighted by Crippen LogP contribution is 2.48. The van der Waals surface area contributed by atoms with Crippen LogP contribution >= 0.6 is 47.8 Å². The molecule has 4 nitrogen and oxygen atoms in total. The molecule has 3 aromatic carbocycles. The van der Waals surface area contributed by atoms with Crippen LogP contribution in [0.1, 0.15) is 21.5 Å². The maximum absolute atomic E-state index is 11.9. The van der Waals surface area contributed by atoms with Crippen LogP contribution in [0.15, 0.2) is 49.8 Å². The van der Waals surface area contributed by atoms with Crippen molar-refractivity contribution in [2.45, 2.75) is 0 Å². The average molecular weight is 577 g/mol. The van der Waals surface area contributed by atoms with Gasteiger partial charge < -0.3 is 14.9 Å². The molecule has 0 fully saturated rings. The molecular weight excluding hydrogens is 567 g/mol. The third kappa shape index (κ3) is 3.14. The van der Waals surface area contributed by atoms with E-state index >= 15 is 0 Å². The number of benzene rings is 3. The predicted octanol–water partition coefficient (Wildman–Crippen LogP) is 3.94. The van der Waals surface area contributed by atoms with Gasteiger partial charge in [-0.3, -0.25) is 0 Å². The van der Waals surface area contributed by atoms with Crippen molar-refractivity contribution < 1.29 is 19.7 Å². The molecule has 0 saturated heterocycles. The van der Waals surface area contributed by atoms with Crippen LogP contribution in [0.4, 0.5) is 0 Å². The lowest BCUT2D eigenvalue weighted by Gasteiger charge is -2.25. The number of phenols is 1. The molecular formula is C21H10BBr3O4. The number of carboxylic acid groups (broad SMARTS) is 1. The Morgan fingerprint density at radius 1 is 1.03 bits per heavy atom. The van der Waals surface area contributed by atoms with Crippen LogP contribution in [-0.4, -0.2) is 24.0 Å². The Hall–Kier alpha value is -2.03. The first-order valence-corrected chi connectivity index (χ1v) is 10.6. The summed E-state index contributed by atoms with van der Waals surface area (Å²) in [7, 11) is 6.15. The van der Waals surface area contributed by atoms with Gasteiger partial charge in [0.25, 0.3) is 0 Å². The van der Waals surface area contributed by atoms with Crippen LogP contribution in [0.5, 0.6) is 17.2 Å². The molecule has 0 atom stereocenters. The molecule has 4 rings (SSSR count). The number of hydrogen-bond donors (Lipinski definition) is 2. The molecule has 3 aromatic rings. The number of phenolic OH excluding ortho intramolecular Hbond substituents is 1. The second-order valence-electron chi connectivity index (χ2n) is 6.36. The van der Waals surface area contributed by atoms with Gasteiger partial charge in [0.1, 0.15) is 23.8 Å². The molecule has 0 saturated carbocycles. The molecule has 0 amide bonds. The number of ether oxygens (including phenoxy) is 1. The van der Waals surface area contributed by atoms with Gasteiger partial charge in [-0.2, -0.15) is 0 Å². The number of aromatic carboxylic acids is 1. The third-order valence-corrected chi connectivity index (χ3v) is 6.85. The van der Waals surface area contributed by atoms with E-state index in [2.05, 4.69) is 54.4 Å². The molecule has 0 aliphatic carbocycles. The summed E-state index contributed by atoms with van der Waals surface area (Å²) in [5, 5.41) is 21.3. The SMILES string of the molecule is [B]c1cc2c(c(Br)c1=C)Oc1c(cc(Br)c(O)c1Br)C=2c1ccccc1C(=O)O. The summed E-state index contributed by atoms with van der Waals surface area (Å²) in [5.74, 6) is -0.285. The summed E-state index contributed by atoms with van der Waals surface area (Å²) in [6.45, 7) is 3.96. The van der Waals surface area contributed by atoms with E-state index in [4.69, 9.17) is 12.6 Å². The van der Waals surface area contributed by atoms with Crippen LogP contribution in [0.3, 0.4) is 0 Å². The van der Waals surface area contributed by atoms with Crippen molar-refractivity contribution >= 4 is 79.2 Å². The summed E-state index contributed by atoms with van der Waals surface area (Å²) in [4.78, 5) is 11.9. The van der Waals surface area contributed by atoms with Gasteiger partial charge in [-0.15, -0.1) is 0 Å². The minimum atomic E-state index is -1.06. The zero-order chi connectivity index (χ0) is 21.0. The Morgan fingerprint density at radius 3 is 2.41 bits per heavy atom. The van der Waals surface area contributed by atoms with Crippen molar-refractivity contribution in [3.8, 4) is 17.2 Å². The quantitative estimate of drug-likeness (QED) is 0.355. The number of halogens is 3. The van der Waals surface area contributed by atoms with Crippen molar-refractivity contribution in [1.29, 1.82) is 0 Å². The lowest BCUT2D eigenvalue weighted by atomic mass is 9.86. The van der Waals surface area contributed by atoms with Gasteiger partial charge in [-0.25, -0.2) is 4.79 Å². The third-order valence-electron chi connectivity index (χ3n) is 4.68. The van der Waals surface area contributed by atoms with Gasteiger partial charge >= 0.3 is 5.97 Å². The average Bonchev–Trinajstić information content (AvgIpc) is 2.69. The number of fused-ring (bicyclic) bond motifs is 2. The van der Waals surface area contributed by atoms with Gasteiger partial charge in [0.05, 0.1) is 14.5 Å². The first-order valence-electron chi connectivity index (χ1n) is 8.25. The van der Waals surface area contributed by atoms with Gasteiger partial charge in [-0.05, 0) is 70.7 Å². The fourth-order valence-electron chi connectivity index (χ4n) is 3.28. The Morgan fingerprint density at radius 2 is 1.72 bits per heavy atom. The molecule has 29 heavy (non-hydrogen) atoms. The zero-order valence-electron chi connectivity index (χ0n) is 14.6. The van der Waals surface area contributed by atoms with Crippen molar-refractivity contribution in [3.63, 3.8) is 0 Å².